The molecule has 0 aromatic carbocycles. The van der Waals surface area contributed by atoms with Crippen LogP contribution in [0.2, 0.25) is 5.15 Å². The molecule has 1 aromatic heterocycles. The van der Waals surface area contributed by atoms with Gasteiger partial charge >= 0.3 is 0 Å². The second kappa shape index (κ2) is 3.79. The number of halogens is 1. The number of allylic oxidation sites excluding steroid dienone is 1. The Hall–Kier alpha value is -1.02. The van der Waals surface area contributed by atoms with Crippen molar-refractivity contribution in [2.24, 2.45) is 0 Å². The van der Waals surface area contributed by atoms with Crippen molar-refractivity contribution in [1.29, 1.82) is 0 Å². The van der Waals surface area contributed by atoms with Crippen molar-refractivity contribution in [3.8, 4) is 0 Å². The van der Waals surface area contributed by atoms with Gasteiger partial charge < -0.3 is 4.74 Å². The van der Waals surface area contributed by atoms with Crippen LogP contribution >= 0.6 is 11.6 Å². The van der Waals surface area contributed by atoms with E-state index in [4.69, 9.17) is 16.3 Å². The van der Waals surface area contributed by atoms with Gasteiger partial charge in [0.2, 0.25) is 0 Å². The van der Waals surface area contributed by atoms with Crippen molar-refractivity contribution < 1.29 is 4.74 Å². The Morgan fingerprint density at radius 2 is 2.31 bits per heavy atom. The second-order valence-corrected chi connectivity index (χ2v) is 3.29. The molecule has 2 nitrogen and oxygen atoms in total. The number of ether oxygens (including phenoxy) is 1. The maximum Gasteiger partial charge on any atom is 0.140 e. The van der Waals surface area contributed by atoms with Crippen molar-refractivity contribution in [2.75, 3.05) is 6.61 Å². The molecule has 0 N–H and O–H groups in total. The van der Waals surface area contributed by atoms with Crippen LogP contribution in [0.25, 0.3) is 5.76 Å². The summed E-state index contributed by atoms with van der Waals surface area (Å²) >= 11 is 5.77. The van der Waals surface area contributed by atoms with E-state index in [1.807, 2.05) is 12.1 Å². The Morgan fingerprint density at radius 3 is 3.00 bits per heavy atom. The molecule has 0 aliphatic carbocycles. The van der Waals surface area contributed by atoms with Gasteiger partial charge in [0.1, 0.15) is 16.6 Å². The number of pyridine rings is 1. The van der Waals surface area contributed by atoms with Crippen LogP contribution in [-0.4, -0.2) is 11.6 Å². The Morgan fingerprint density at radius 1 is 1.38 bits per heavy atom. The van der Waals surface area contributed by atoms with Gasteiger partial charge in [-0.05, 0) is 31.1 Å². The highest BCUT2D eigenvalue weighted by molar-refractivity contribution is 6.29. The third-order valence-corrected chi connectivity index (χ3v) is 2.11. The summed E-state index contributed by atoms with van der Waals surface area (Å²) in [6.45, 7) is 0.778. The topological polar surface area (TPSA) is 22.1 Å². The minimum Gasteiger partial charge on any atom is -0.492 e. The minimum absolute atomic E-state index is 0.507. The van der Waals surface area contributed by atoms with Gasteiger partial charge in [-0.3, -0.25) is 0 Å². The van der Waals surface area contributed by atoms with Crippen LogP contribution in [0.1, 0.15) is 18.5 Å². The molecule has 68 valence electrons. The van der Waals surface area contributed by atoms with Crippen LogP contribution in [0.15, 0.2) is 24.3 Å². The lowest BCUT2D eigenvalue weighted by molar-refractivity contribution is 0.257. The van der Waals surface area contributed by atoms with E-state index in [2.05, 4.69) is 11.1 Å². The van der Waals surface area contributed by atoms with E-state index in [-0.39, 0.29) is 0 Å². The SMILES string of the molecule is Clc1cccc(C2=CCCCO2)n1. The highest BCUT2D eigenvalue weighted by Gasteiger charge is 2.08. The summed E-state index contributed by atoms with van der Waals surface area (Å²) in [5, 5.41) is 0.507. The molecule has 0 saturated carbocycles. The number of hydrogen-bond donors (Lipinski definition) is 0. The fourth-order valence-electron chi connectivity index (χ4n) is 1.28. The van der Waals surface area contributed by atoms with Crippen LogP contribution in [0.4, 0.5) is 0 Å². The molecule has 3 heteroatoms. The van der Waals surface area contributed by atoms with Crippen molar-refractivity contribution in [3.63, 3.8) is 0 Å². The van der Waals surface area contributed by atoms with E-state index in [1.54, 1.807) is 6.07 Å². The average Bonchev–Trinajstić information content (AvgIpc) is 2.19. The highest BCUT2D eigenvalue weighted by atomic mass is 35.5. The average molecular weight is 196 g/mol. The summed E-state index contributed by atoms with van der Waals surface area (Å²) in [6, 6.07) is 5.54. The molecule has 1 aliphatic rings. The zero-order chi connectivity index (χ0) is 9.10. The highest BCUT2D eigenvalue weighted by Crippen LogP contribution is 2.20. The predicted octanol–water partition coefficient (Wildman–Crippen LogP) is 2.89. The molecule has 0 fully saturated rings. The van der Waals surface area contributed by atoms with Crippen LogP contribution in [0, 0.1) is 0 Å². The van der Waals surface area contributed by atoms with Crippen molar-refractivity contribution >= 4 is 17.4 Å². The van der Waals surface area contributed by atoms with Gasteiger partial charge in [0.25, 0.3) is 0 Å². The Bertz CT molecular complexity index is 335. The zero-order valence-corrected chi connectivity index (χ0v) is 7.92. The lowest BCUT2D eigenvalue weighted by atomic mass is 10.2. The first-order valence-electron chi connectivity index (χ1n) is 4.32. The van der Waals surface area contributed by atoms with Gasteiger partial charge in [-0.1, -0.05) is 17.7 Å². The van der Waals surface area contributed by atoms with Gasteiger partial charge in [0, 0.05) is 0 Å². The molecule has 0 bridgehead atoms. The van der Waals surface area contributed by atoms with Crippen molar-refractivity contribution in [2.45, 2.75) is 12.8 Å². The molecular weight excluding hydrogens is 186 g/mol. The molecule has 0 atom stereocenters. The molecule has 1 aliphatic heterocycles. The molecule has 0 spiro atoms. The van der Waals surface area contributed by atoms with E-state index < -0.39 is 0 Å². The summed E-state index contributed by atoms with van der Waals surface area (Å²) in [6.07, 6.45) is 4.20. The summed E-state index contributed by atoms with van der Waals surface area (Å²) < 4.78 is 5.46. The van der Waals surface area contributed by atoms with Gasteiger partial charge in [-0.15, -0.1) is 0 Å². The standard InChI is InChI=1S/C10H10ClNO/c11-10-6-3-4-8(12-10)9-5-1-2-7-13-9/h3-6H,1-2,7H2. The summed E-state index contributed by atoms with van der Waals surface area (Å²) in [5.74, 6) is 0.855. The molecule has 13 heavy (non-hydrogen) atoms. The first-order valence-corrected chi connectivity index (χ1v) is 4.70. The maximum absolute atomic E-state index is 5.77. The largest absolute Gasteiger partial charge is 0.492 e. The lowest BCUT2D eigenvalue weighted by Gasteiger charge is -2.13. The summed E-state index contributed by atoms with van der Waals surface area (Å²) in [5.41, 5.74) is 0.826. The molecule has 1 aromatic rings. The number of hydrogen-bond acceptors (Lipinski definition) is 2. The van der Waals surface area contributed by atoms with Gasteiger partial charge in [-0.25, -0.2) is 4.98 Å². The first-order chi connectivity index (χ1) is 6.36. The van der Waals surface area contributed by atoms with E-state index in [9.17, 15) is 0 Å². The molecule has 2 heterocycles. The van der Waals surface area contributed by atoms with E-state index in [0.29, 0.717) is 5.15 Å². The fraction of sp³-hybridized carbons (Fsp3) is 0.300. The van der Waals surface area contributed by atoms with Gasteiger partial charge in [-0.2, -0.15) is 0 Å². The molecular formula is C10H10ClNO. The van der Waals surface area contributed by atoms with E-state index in [1.165, 1.54) is 0 Å². The molecule has 0 radical (unpaired) electrons. The Kier molecular flexibility index (Phi) is 2.50. The summed E-state index contributed by atoms with van der Waals surface area (Å²) in [4.78, 5) is 4.17. The maximum atomic E-state index is 5.77. The number of aromatic nitrogens is 1. The molecule has 0 saturated heterocycles. The van der Waals surface area contributed by atoms with Crippen LogP contribution < -0.4 is 0 Å². The molecule has 2 rings (SSSR count). The van der Waals surface area contributed by atoms with Gasteiger partial charge in [0.05, 0.1) is 6.61 Å². The van der Waals surface area contributed by atoms with Crippen LogP contribution in [0.3, 0.4) is 0 Å². The van der Waals surface area contributed by atoms with E-state index >= 15 is 0 Å². The minimum atomic E-state index is 0.507. The third kappa shape index (κ3) is 2.01. The third-order valence-electron chi connectivity index (χ3n) is 1.90. The lowest BCUT2D eigenvalue weighted by Crippen LogP contribution is -2.01. The Balaban J connectivity index is 2.29. The van der Waals surface area contributed by atoms with Gasteiger partial charge in [0.15, 0.2) is 0 Å². The first kappa shape index (κ1) is 8.57. The quantitative estimate of drug-likeness (QED) is 0.643. The number of rotatable bonds is 1. The summed E-state index contributed by atoms with van der Waals surface area (Å²) in [7, 11) is 0. The van der Waals surface area contributed by atoms with Crippen molar-refractivity contribution in [1.82, 2.24) is 4.98 Å². The molecule has 0 unspecified atom stereocenters. The Labute approximate surface area is 82.2 Å². The predicted molar refractivity (Wildman–Crippen MR) is 52.4 cm³/mol. The van der Waals surface area contributed by atoms with Crippen LogP contribution in [0.5, 0.6) is 0 Å². The van der Waals surface area contributed by atoms with Crippen molar-refractivity contribution in [3.05, 3.63) is 35.1 Å². The second-order valence-electron chi connectivity index (χ2n) is 2.90. The normalized spacial score (nSPS) is 16.2. The fourth-order valence-corrected chi connectivity index (χ4v) is 1.45. The number of nitrogens with zero attached hydrogens (tertiary/aromatic N) is 1. The molecule has 0 amide bonds. The van der Waals surface area contributed by atoms with E-state index in [0.717, 1.165) is 30.9 Å². The van der Waals surface area contributed by atoms with Crippen LogP contribution in [-0.2, 0) is 4.74 Å². The smallest absolute Gasteiger partial charge is 0.140 e. The zero-order valence-electron chi connectivity index (χ0n) is 7.16. The monoisotopic (exact) mass is 195 g/mol.